The maximum atomic E-state index is 5.83. The van der Waals surface area contributed by atoms with Gasteiger partial charge in [-0.05, 0) is 30.7 Å². The normalized spacial score (nSPS) is 22.2. The molecular formula is C17H21BrN4O2. The molecule has 0 amide bonds. The first-order chi connectivity index (χ1) is 11.8. The number of anilines is 1. The van der Waals surface area contributed by atoms with Gasteiger partial charge in [-0.25, -0.2) is 0 Å². The van der Waals surface area contributed by atoms with Gasteiger partial charge in [0.2, 0.25) is 11.8 Å². The summed E-state index contributed by atoms with van der Waals surface area (Å²) in [6, 6.07) is 8.50. The second-order valence-electron chi connectivity index (χ2n) is 6.33. The Morgan fingerprint density at radius 3 is 2.58 bits per heavy atom. The molecule has 2 fully saturated rings. The number of benzene rings is 1. The first-order valence-corrected chi connectivity index (χ1v) is 9.20. The predicted octanol–water partition coefficient (Wildman–Crippen LogP) is 2.66. The van der Waals surface area contributed by atoms with Crippen LogP contribution in [0.2, 0.25) is 0 Å². The summed E-state index contributed by atoms with van der Waals surface area (Å²) in [7, 11) is 0. The Balaban J connectivity index is 1.30. The molecule has 1 unspecified atom stereocenters. The average Bonchev–Trinajstić information content (AvgIpc) is 3.28. The van der Waals surface area contributed by atoms with Crippen molar-refractivity contribution in [2.45, 2.75) is 18.9 Å². The van der Waals surface area contributed by atoms with Gasteiger partial charge in [0.05, 0.1) is 19.1 Å². The van der Waals surface area contributed by atoms with Crippen molar-refractivity contribution in [1.29, 1.82) is 0 Å². The summed E-state index contributed by atoms with van der Waals surface area (Å²) in [5.41, 5.74) is 1.28. The number of hydrogen-bond donors (Lipinski definition) is 0. The molecule has 0 aliphatic carbocycles. The standard InChI is InChI=1S/C17H21BrN4O2/c18-14-1-3-15(4-2-14)22-8-6-21(7-9-22)11-16-19-20-17(24-16)13-5-10-23-12-13/h1-4,13H,5-12H2. The van der Waals surface area contributed by atoms with E-state index in [1.54, 1.807) is 0 Å². The van der Waals surface area contributed by atoms with Gasteiger partial charge in [-0.2, -0.15) is 0 Å². The zero-order chi connectivity index (χ0) is 16.4. The molecule has 0 spiro atoms. The van der Waals surface area contributed by atoms with E-state index in [0.29, 0.717) is 12.5 Å². The highest BCUT2D eigenvalue weighted by Crippen LogP contribution is 2.24. The minimum absolute atomic E-state index is 0.278. The van der Waals surface area contributed by atoms with E-state index in [2.05, 4.69) is 60.2 Å². The van der Waals surface area contributed by atoms with Gasteiger partial charge >= 0.3 is 0 Å². The summed E-state index contributed by atoms with van der Waals surface area (Å²) < 4.78 is 12.3. The van der Waals surface area contributed by atoms with E-state index in [1.165, 1.54) is 5.69 Å². The molecule has 1 atom stereocenters. The first kappa shape index (κ1) is 16.1. The van der Waals surface area contributed by atoms with E-state index in [4.69, 9.17) is 9.15 Å². The third-order valence-corrected chi connectivity index (χ3v) is 5.21. The summed E-state index contributed by atoms with van der Waals surface area (Å²) in [6.07, 6.45) is 0.980. The zero-order valence-electron chi connectivity index (χ0n) is 13.5. The fourth-order valence-electron chi connectivity index (χ4n) is 3.23. The number of nitrogens with zero attached hydrogens (tertiary/aromatic N) is 4. The molecule has 6 nitrogen and oxygen atoms in total. The van der Waals surface area contributed by atoms with E-state index in [-0.39, 0.29) is 5.92 Å². The van der Waals surface area contributed by atoms with Crippen molar-refractivity contribution in [1.82, 2.24) is 15.1 Å². The first-order valence-electron chi connectivity index (χ1n) is 8.41. The van der Waals surface area contributed by atoms with Crippen LogP contribution in [0.4, 0.5) is 5.69 Å². The number of hydrogen-bond acceptors (Lipinski definition) is 6. The topological polar surface area (TPSA) is 54.6 Å². The molecule has 2 aliphatic heterocycles. The van der Waals surface area contributed by atoms with Crippen molar-refractivity contribution < 1.29 is 9.15 Å². The van der Waals surface area contributed by atoms with E-state index >= 15 is 0 Å². The molecule has 1 aromatic carbocycles. The van der Waals surface area contributed by atoms with Gasteiger partial charge in [0.1, 0.15) is 0 Å². The minimum Gasteiger partial charge on any atom is -0.423 e. The van der Waals surface area contributed by atoms with Crippen molar-refractivity contribution in [2.24, 2.45) is 0 Å². The lowest BCUT2D eigenvalue weighted by Crippen LogP contribution is -2.46. The van der Waals surface area contributed by atoms with Crippen LogP contribution in [0.3, 0.4) is 0 Å². The van der Waals surface area contributed by atoms with Gasteiger partial charge in [0.15, 0.2) is 0 Å². The molecule has 3 heterocycles. The molecule has 24 heavy (non-hydrogen) atoms. The van der Waals surface area contributed by atoms with Crippen molar-refractivity contribution >= 4 is 21.6 Å². The molecule has 2 saturated heterocycles. The van der Waals surface area contributed by atoms with Crippen molar-refractivity contribution in [3.05, 3.63) is 40.5 Å². The van der Waals surface area contributed by atoms with Crippen molar-refractivity contribution in [3.63, 3.8) is 0 Å². The van der Waals surface area contributed by atoms with E-state index in [1.807, 2.05) is 0 Å². The molecule has 0 bridgehead atoms. The van der Waals surface area contributed by atoms with E-state index < -0.39 is 0 Å². The Bertz CT molecular complexity index is 661. The Hall–Kier alpha value is -1.44. The third kappa shape index (κ3) is 3.63. The SMILES string of the molecule is Brc1ccc(N2CCN(Cc3nnc(C4CCOC4)o3)CC2)cc1. The number of rotatable bonds is 4. The lowest BCUT2D eigenvalue weighted by Gasteiger charge is -2.35. The van der Waals surface area contributed by atoms with Crippen molar-refractivity contribution in [2.75, 3.05) is 44.3 Å². The fraction of sp³-hybridized carbons (Fsp3) is 0.529. The van der Waals surface area contributed by atoms with Crippen LogP contribution in [-0.4, -0.2) is 54.5 Å². The van der Waals surface area contributed by atoms with Gasteiger partial charge in [-0.15, -0.1) is 10.2 Å². The van der Waals surface area contributed by atoms with Crippen LogP contribution in [0.5, 0.6) is 0 Å². The highest BCUT2D eigenvalue weighted by atomic mass is 79.9. The monoisotopic (exact) mass is 392 g/mol. The Morgan fingerprint density at radius 2 is 1.88 bits per heavy atom. The Kier molecular flexibility index (Phi) is 4.82. The maximum absolute atomic E-state index is 5.83. The molecule has 0 radical (unpaired) electrons. The number of ether oxygens (including phenoxy) is 1. The Labute approximate surface area is 149 Å². The lowest BCUT2D eigenvalue weighted by atomic mass is 10.1. The molecule has 4 rings (SSSR count). The molecule has 7 heteroatoms. The van der Waals surface area contributed by atoms with Crippen LogP contribution in [0, 0.1) is 0 Å². The van der Waals surface area contributed by atoms with Gasteiger partial charge in [0, 0.05) is 42.9 Å². The van der Waals surface area contributed by atoms with Gasteiger partial charge in [-0.1, -0.05) is 15.9 Å². The summed E-state index contributed by atoms with van der Waals surface area (Å²) >= 11 is 3.48. The quantitative estimate of drug-likeness (QED) is 0.796. The summed E-state index contributed by atoms with van der Waals surface area (Å²) in [5.74, 6) is 1.73. The van der Waals surface area contributed by atoms with Crippen LogP contribution in [-0.2, 0) is 11.3 Å². The van der Waals surface area contributed by atoms with E-state index in [9.17, 15) is 0 Å². The highest BCUT2D eigenvalue weighted by Gasteiger charge is 2.25. The van der Waals surface area contributed by atoms with Crippen LogP contribution in [0.15, 0.2) is 33.2 Å². The van der Waals surface area contributed by atoms with Crippen molar-refractivity contribution in [3.8, 4) is 0 Å². The predicted molar refractivity (Wildman–Crippen MR) is 94.1 cm³/mol. The largest absolute Gasteiger partial charge is 0.423 e. The van der Waals surface area contributed by atoms with Gasteiger partial charge < -0.3 is 14.1 Å². The number of halogens is 1. The molecule has 128 valence electrons. The molecule has 1 aromatic heterocycles. The second kappa shape index (κ2) is 7.21. The van der Waals surface area contributed by atoms with Gasteiger partial charge in [-0.3, -0.25) is 4.90 Å². The molecule has 0 saturated carbocycles. The molecule has 0 N–H and O–H groups in total. The zero-order valence-corrected chi connectivity index (χ0v) is 15.1. The lowest BCUT2D eigenvalue weighted by molar-refractivity contribution is 0.189. The summed E-state index contributed by atoms with van der Waals surface area (Å²) in [5, 5.41) is 8.41. The smallest absolute Gasteiger partial charge is 0.230 e. The summed E-state index contributed by atoms with van der Waals surface area (Å²) in [6.45, 7) is 6.25. The minimum atomic E-state index is 0.278. The average molecular weight is 393 g/mol. The molecule has 2 aromatic rings. The second-order valence-corrected chi connectivity index (χ2v) is 7.25. The van der Waals surface area contributed by atoms with E-state index in [0.717, 1.165) is 56.1 Å². The van der Waals surface area contributed by atoms with Crippen LogP contribution < -0.4 is 4.90 Å². The highest BCUT2D eigenvalue weighted by molar-refractivity contribution is 9.10. The Morgan fingerprint density at radius 1 is 1.08 bits per heavy atom. The van der Waals surface area contributed by atoms with Gasteiger partial charge in [0.25, 0.3) is 0 Å². The van der Waals surface area contributed by atoms with Crippen LogP contribution in [0.25, 0.3) is 0 Å². The fourth-order valence-corrected chi connectivity index (χ4v) is 3.50. The third-order valence-electron chi connectivity index (χ3n) is 4.68. The maximum Gasteiger partial charge on any atom is 0.230 e. The number of piperazine rings is 1. The molecular weight excluding hydrogens is 372 g/mol. The summed E-state index contributed by atoms with van der Waals surface area (Å²) in [4.78, 5) is 4.79. The number of aromatic nitrogens is 2. The van der Waals surface area contributed by atoms with Crippen LogP contribution >= 0.6 is 15.9 Å². The molecule has 2 aliphatic rings. The van der Waals surface area contributed by atoms with Crippen LogP contribution in [0.1, 0.15) is 24.1 Å².